The lowest BCUT2D eigenvalue weighted by molar-refractivity contribution is -0.274. The molecule has 2 aliphatic heterocycles. The molecule has 5 fully saturated rings. The molecule has 0 radical (unpaired) electrons. The van der Waals surface area contributed by atoms with Gasteiger partial charge < -0.3 is 24.8 Å². The van der Waals surface area contributed by atoms with Crippen molar-refractivity contribution in [1.82, 2.24) is 0 Å². The highest BCUT2D eigenvalue weighted by Gasteiger charge is 2.71. The molecule has 13 atom stereocenters. The van der Waals surface area contributed by atoms with E-state index in [1.54, 1.807) is 0 Å². The summed E-state index contributed by atoms with van der Waals surface area (Å²) in [6.45, 7) is 9.98. The summed E-state index contributed by atoms with van der Waals surface area (Å²) in [5.41, 5.74) is 0.981. The van der Waals surface area contributed by atoms with Gasteiger partial charge in [-0.05, 0) is 78.9 Å². The Labute approximate surface area is 192 Å². The molecule has 4 aliphatic carbocycles. The molecule has 13 unspecified atom stereocenters. The minimum atomic E-state index is -0.553. The summed E-state index contributed by atoms with van der Waals surface area (Å²) in [6.07, 6.45) is 7.04. The zero-order chi connectivity index (χ0) is 22.6. The molecule has 0 amide bonds. The van der Waals surface area contributed by atoms with Crippen molar-refractivity contribution < 1.29 is 24.8 Å². The summed E-state index contributed by atoms with van der Waals surface area (Å²) in [7, 11) is 0. The Balaban J connectivity index is 1.34. The number of hydrogen-bond acceptors (Lipinski definition) is 5. The van der Waals surface area contributed by atoms with E-state index >= 15 is 0 Å². The third kappa shape index (κ3) is 2.75. The van der Waals surface area contributed by atoms with E-state index < -0.39 is 18.0 Å². The predicted molar refractivity (Wildman–Crippen MR) is 120 cm³/mol. The maximum atomic E-state index is 11.7. The second kappa shape index (κ2) is 7.04. The SMILES string of the molecule is CC1CCC2(OC1)OC1CC3C4C(O)C=C5CC(O)CCC5(C)C4C(O)CC3(C)C1C2C. The van der Waals surface area contributed by atoms with Gasteiger partial charge in [0.05, 0.1) is 31.0 Å². The number of rotatable bonds is 0. The van der Waals surface area contributed by atoms with Crippen molar-refractivity contribution in [3.8, 4) is 0 Å². The molecule has 5 nitrogen and oxygen atoms in total. The Hall–Kier alpha value is -0.460. The highest BCUT2D eigenvalue weighted by atomic mass is 16.7. The maximum absolute atomic E-state index is 11.7. The molecule has 6 rings (SSSR count). The van der Waals surface area contributed by atoms with Crippen molar-refractivity contribution in [2.24, 2.45) is 46.3 Å². The van der Waals surface area contributed by atoms with E-state index in [2.05, 4.69) is 27.7 Å². The lowest BCUT2D eigenvalue weighted by atomic mass is 9.45. The van der Waals surface area contributed by atoms with Crippen molar-refractivity contribution in [3.05, 3.63) is 11.6 Å². The second-order valence-electron chi connectivity index (χ2n) is 13.0. The molecular formula is C27H42O5. The molecule has 2 heterocycles. The summed E-state index contributed by atoms with van der Waals surface area (Å²) in [4.78, 5) is 0. The topological polar surface area (TPSA) is 79.2 Å². The minimum absolute atomic E-state index is 0.0531. The van der Waals surface area contributed by atoms with Crippen LogP contribution in [-0.4, -0.2) is 52.1 Å². The predicted octanol–water partition coefficient (Wildman–Crippen LogP) is 3.66. The average molecular weight is 447 g/mol. The summed E-state index contributed by atoms with van der Waals surface area (Å²) < 4.78 is 13.2. The minimum Gasteiger partial charge on any atom is -0.393 e. The molecule has 3 saturated carbocycles. The van der Waals surface area contributed by atoms with Gasteiger partial charge in [0.25, 0.3) is 0 Å². The van der Waals surface area contributed by atoms with Gasteiger partial charge in [-0.3, -0.25) is 0 Å². The molecule has 0 aromatic carbocycles. The molecule has 6 aliphatic rings. The van der Waals surface area contributed by atoms with Gasteiger partial charge in [-0.15, -0.1) is 0 Å². The molecule has 32 heavy (non-hydrogen) atoms. The molecule has 3 N–H and O–H groups in total. The van der Waals surface area contributed by atoms with Crippen molar-refractivity contribution in [1.29, 1.82) is 0 Å². The molecular weight excluding hydrogens is 404 g/mol. The smallest absolute Gasteiger partial charge is 0.171 e. The lowest BCUT2D eigenvalue weighted by Crippen LogP contribution is -2.60. The van der Waals surface area contributed by atoms with E-state index in [1.165, 1.54) is 5.57 Å². The van der Waals surface area contributed by atoms with Crippen molar-refractivity contribution in [3.63, 3.8) is 0 Å². The third-order valence-electron chi connectivity index (χ3n) is 11.3. The first-order chi connectivity index (χ1) is 15.1. The van der Waals surface area contributed by atoms with Crippen LogP contribution in [0.1, 0.15) is 72.6 Å². The summed E-state index contributed by atoms with van der Waals surface area (Å²) >= 11 is 0. The van der Waals surface area contributed by atoms with Gasteiger partial charge in [-0.25, -0.2) is 0 Å². The summed E-state index contributed by atoms with van der Waals surface area (Å²) in [6, 6.07) is 0. The standard InChI is InChI=1S/C27H42O5/c1-14-5-8-27(31-13-14)15(2)23-21(32-27)11-18-22-19(29)10-16-9-17(28)6-7-25(16,3)24(22)20(30)12-26(18,23)4/h10,14-15,17-24,28-30H,5-9,11-13H2,1-4H3. The Bertz CT molecular complexity index is 802. The van der Waals surface area contributed by atoms with Crippen molar-refractivity contribution >= 4 is 0 Å². The number of aliphatic hydroxyl groups is 3. The molecule has 1 spiro atoms. The highest BCUT2D eigenvalue weighted by molar-refractivity contribution is 5.29. The van der Waals surface area contributed by atoms with Crippen LogP contribution in [0.2, 0.25) is 0 Å². The van der Waals surface area contributed by atoms with E-state index in [9.17, 15) is 15.3 Å². The van der Waals surface area contributed by atoms with Crippen LogP contribution in [0.4, 0.5) is 0 Å². The fourth-order valence-corrected chi connectivity index (χ4v) is 9.77. The lowest BCUT2D eigenvalue weighted by Gasteiger charge is -2.61. The largest absolute Gasteiger partial charge is 0.393 e. The molecule has 180 valence electrons. The first-order valence-corrected chi connectivity index (χ1v) is 13.2. The zero-order valence-electron chi connectivity index (χ0n) is 20.2. The monoisotopic (exact) mass is 446 g/mol. The number of hydrogen-bond donors (Lipinski definition) is 3. The van der Waals surface area contributed by atoms with Crippen LogP contribution in [0.5, 0.6) is 0 Å². The normalized spacial score (nSPS) is 61.5. The van der Waals surface area contributed by atoms with E-state index in [0.717, 1.165) is 45.1 Å². The Morgan fingerprint density at radius 2 is 1.81 bits per heavy atom. The summed E-state index contributed by atoms with van der Waals surface area (Å²) in [5.74, 6) is 1.23. The third-order valence-corrected chi connectivity index (χ3v) is 11.3. The second-order valence-corrected chi connectivity index (χ2v) is 13.0. The van der Waals surface area contributed by atoms with Gasteiger partial charge in [0, 0.05) is 12.3 Å². The van der Waals surface area contributed by atoms with Crippen LogP contribution in [0.3, 0.4) is 0 Å². The van der Waals surface area contributed by atoms with Gasteiger partial charge >= 0.3 is 0 Å². The fraction of sp³-hybridized carbons (Fsp3) is 0.926. The van der Waals surface area contributed by atoms with Crippen LogP contribution in [0.15, 0.2) is 11.6 Å². The zero-order valence-corrected chi connectivity index (χ0v) is 20.2. The molecule has 5 heteroatoms. The van der Waals surface area contributed by atoms with Gasteiger partial charge in [0.1, 0.15) is 0 Å². The molecule has 0 bridgehead atoms. The maximum Gasteiger partial charge on any atom is 0.171 e. The highest BCUT2D eigenvalue weighted by Crippen LogP contribution is 2.70. The quantitative estimate of drug-likeness (QED) is 0.495. The van der Waals surface area contributed by atoms with E-state index in [-0.39, 0.29) is 34.9 Å². The average Bonchev–Trinajstić information content (AvgIpc) is 3.16. The van der Waals surface area contributed by atoms with E-state index in [1.807, 2.05) is 6.08 Å². The number of ether oxygens (including phenoxy) is 2. The van der Waals surface area contributed by atoms with Gasteiger partial charge in [-0.1, -0.05) is 39.3 Å². The van der Waals surface area contributed by atoms with Crippen LogP contribution in [-0.2, 0) is 9.47 Å². The molecule has 0 aromatic heterocycles. The van der Waals surface area contributed by atoms with Crippen LogP contribution in [0.25, 0.3) is 0 Å². The first-order valence-electron chi connectivity index (χ1n) is 13.2. The fourth-order valence-electron chi connectivity index (χ4n) is 9.77. The van der Waals surface area contributed by atoms with E-state index in [4.69, 9.17) is 9.47 Å². The number of aliphatic hydroxyl groups excluding tert-OH is 3. The van der Waals surface area contributed by atoms with Crippen molar-refractivity contribution in [2.75, 3.05) is 6.61 Å². The van der Waals surface area contributed by atoms with E-state index in [0.29, 0.717) is 30.1 Å². The Morgan fingerprint density at radius 3 is 2.53 bits per heavy atom. The number of fused-ring (bicyclic) bond motifs is 7. The van der Waals surface area contributed by atoms with Crippen molar-refractivity contribution in [2.45, 2.75) is 103 Å². The van der Waals surface area contributed by atoms with Gasteiger partial charge in [0.15, 0.2) is 5.79 Å². The van der Waals surface area contributed by atoms with Crippen LogP contribution >= 0.6 is 0 Å². The molecule has 2 saturated heterocycles. The summed E-state index contributed by atoms with van der Waals surface area (Å²) in [5, 5.41) is 33.3. The van der Waals surface area contributed by atoms with Gasteiger partial charge in [0.2, 0.25) is 0 Å². The Morgan fingerprint density at radius 1 is 1.03 bits per heavy atom. The van der Waals surface area contributed by atoms with Gasteiger partial charge in [-0.2, -0.15) is 0 Å². The first kappa shape index (κ1) is 22.0. The van der Waals surface area contributed by atoms with Crippen LogP contribution in [0, 0.1) is 46.3 Å². The van der Waals surface area contributed by atoms with Crippen LogP contribution < -0.4 is 0 Å². The molecule has 0 aromatic rings. The Kier molecular flexibility index (Phi) is 4.84.